The van der Waals surface area contributed by atoms with Crippen LogP contribution >= 0.6 is 0 Å². The van der Waals surface area contributed by atoms with Crippen molar-refractivity contribution in [1.29, 1.82) is 0 Å². The monoisotopic (exact) mass is 246 g/mol. The number of hydrogen-bond acceptors (Lipinski definition) is 5. The van der Waals surface area contributed by atoms with Crippen molar-refractivity contribution >= 4 is 120 Å². The molecular weight excluding hydrogens is 244 g/mol. The van der Waals surface area contributed by atoms with E-state index in [1.807, 2.05) is 0 Å². The van der Waals surface area contributed by atoms with Crippen LogP contribution in [0.5, 0.6) is 0 Å². The normalized spacial score (nSPS) is 6.60. The molecule has 0 bridgehead atoms. The van der Waals surface area contributed by atoms with Crippen molar-refractivity contribution in [2.24, 2.45) is 0 Å². The standard InChI is InChI=1S/3Ca.O4Si.H2O.O/c;;;1-5(2,3)4;;/h;;;;1H2;/q;2*+2;-4;;. The van der Waals surface area contributed by atoms with Crippen molar-refractivity contribution < 1.29 is 26.1 Å². The Morgan fingerprint density at radius 1 is 0.900 bits per heavy atom. The molecule has 0 fully saturated rings. The summed E-state index contributed by atoms with van der Waals surface area (Å²) in [5.41, 5.74) is 0. The zero-order valence-corrected chi connectivity index (χ0v) is 12.8. The topological polar surface area (TPSA) is 141 Å². The van der Waals surface area contributed by atoms with Gasteiger partial charge in [0.2, 0.25) is 0 Å². The molecule has 0 aliphatic heterocycles. The zero-order valence-electron chi connectivity index (χ0n) is 5.16. The summed E-state index contributed by atoms with van der Waals surface area (Å²) >= 11 is 0.125. The summed E-state index contributed by atoms with van der Waals surface area (Å²) in [5, 5.41) is 0. The van der Waals surface area contributed by atoms with Crippen LogP contribution in [0.2, 0.25) is 0 Å². The van der Waals surface area contributed by atoms with Gasteiger partial charge >= 0.3 is 113 Å². The summed E-state index contributed by atoms with van der Waals surface area (Å²) in [6, 6.07) is 0. The van der Waals surface area contributed by atoms with Gasteiger partial charge in [-0.1, -0.05) is 0 Å². The first-order valence-electron chi connectivity index (χ1n) is 1.11. The van der Waals surface area contributed by atoms with Gasteiger partial charge in [-0.2, -0.15) is 0 Å². The van der Waals surface area contributed by atoms with Crippen LogP contribution in [0.1, 0.15) is 0 Å². The molecule has 0 amide bonds. The van der Waals surface area contributed by atoms with E-state index in [9.17, 15) is 0 Å². The molecule has 0 rings (SSSR count). The van der Waals surface area contributed by atoms with Gasteiger partial charge in [0.05, 0.1) is 0 Å². The Hall–Kier alpha value is 3.60. The zero-order chi connectivity index (χ0) is 6.50. The fourth-order valence-corrected chi connectivity index (χ4v) is 0. The van der Waals surface area contributed by atoms with E-state index >= 15 is 0 Å². The SMILES string of the molecule is O.[Ca+2].[Ca+2].[O-][Si]([O-])([O-])[O-].[O]=[Ca]. The Balaban J connectivity index is -0.0000000154. The second-order valence-corrected chi connectivity index (χ2v) is 1.50. The molecule has 0 atom stereocenters. The van der Waals surface area contributed by atoms with Gasteiger partial charge in [0.25, 0.3) is 0 Å². The molecule has 48 valence electrons. The molecule has 0 unspecified atom stereocenters. The van der Waals surface area contributed by atoms with Gasteiger partial charge in [0.15, 0.2) is 0 Å². The summed E-state index contributed by atoms with van der Waals surface area (Å²) in [4.78, 5) is 34.3. The predicted octanol–water partition coefficient (Wildman–Crippen LogP) is -7.22. The van der Waals surface area contributed by atoms with E-state index in [2.05, 4.69) is 0 Å². The van der Waals surface area contributed by atoms with Gasteiger partial charge in [-0.05, 0) is 0 Å². The predicted molar refractivity (Wildman–Crippen MR) is 27.3 cm³/mol. The second-order valence-electron chi connectivity index (χ2n) is 0.500. The molecule has 0 saturated carbocycles. The van der Waals surface area contributed by atoms with Gasteiger partial charge in [0.1, 0.15) is 0 Å². The van der Waals surface area contributed by atoms with Crippen molar-refractivity contribution in [2.75, 3.05) is 0 Å². The maximum atomic E-state index is 8.58. The first-order valence-corrected chi connectivity index (χ1v) is 3.64. The molecule has 10 heavy (non-hydrogen) atoms. The quantitative estimate of drug-likeness (QED) is 0.390. The molecule has 2 N–H and O–H groups in total. The minimum atomic E-state index is -5.61. The number of rotatable bonds is 0. The van der Waals surface area contributed by atoms with E-state index in [-0.39, 0.29) is 117 Å². The summed E-state index contributed by atoms with van der Waals surface area (Å²) in [5.74, 6) is 0. The van der Waals surface area contributed by atoms with Gasteiger partial charge in [0, 0.05) is 0 Å². The van der Waals surface area contributed by atoms with E-state index in [4.69, 9.17) is 20.6 Å². The third kappa shape index (κ3) is 101. The first-order chi connectivity index (χ1) is 3.00. The number of hydrogen-bond donors (Lipinski definition) is 0. The van der Waals surface area contributed by atoms with E-state index in [0.717, 1.165) is 0 Å². The Morgan fingerprint density at radius 2 is 0.900 bits per heavy atom. The van der Waals surface area contributed by atoms with Crippen LogP contribution in [-0.2, 0) is 1.43 Å². The van der Waals surface area contributed by atoms with Crippen LogP contribution < -0.4 is 19.2 Å². The molecule has 6 nitrogen and oxygen atoms in total. The van der Waals surface area contributed by atoms with Crippen LogP contribution in [0.4, 0.5) is 0 Å². The summed E-state index contributed by atoms with van der Waals surface area (Å²) < 4.78 is 8.38. The third-order valence-corrected chi connectivity index (χ3v) is 0. The van der Waals surface area contributed by atoms with Crippen LogP contribution in [0.15, 0.2) is 0 Å². The molecule has 0 aromatic heterocycles. The van der Waals surface area contributed by atoms with Crippen LogP contribution in [0.25, 0.3) is 0 Å². The fraction of sp³-hybridized carbons (Fsp3) is 0. The second kappa shape index (κ2) is 18.4. The van der Waals surface area contributed by atoms with E-state index < -0.39 is 9.05 Å². The molecular formula is H2Ca3O6Si. The first kappa shape index (κ1) is 29.2. The molecule has 0 aliphatic rings. The average molecular weight is 246 g/mol. The van der Waals surface area contributed by atoms with E-state index in [1.54, 1.807) is 0 Å². The molecule has 0 radical (unpaired) electrons. The van der Waals surface area contributed by atoms with Crippen molar-refractivity contribution in [3.05, 3.63) is 0 Å². The van der Waals surface area contributed by atoms with Crippen molar-refractivity contribution in [1.82, 2.24) is 0 Å². The molecule has 0 heterocycles. The molecule has 0 aliphatic carbocycles. The van der Waals surface area contributed by atoms with Crippen molar-refractivity contribution in [2.45, 2.75) is 0 Å². The van der Waals surface area contributed by atoms with Gasteiger partial charge in [-0.15, -0.1) is 0 Å². The van der Waals surface area contributed by atoms with Crippen molar-refractivity contribution in [3.8, 4) is 0 Å². The molecule has 0 aromatic rings. The van der Waals surface area contributed by atoms with E-state index in [0.29, 0.717) is 0 Å². The average Bonchev–Trinajstić information content (AvgIpc) is 1.36. The summed E-state index contributed by atoms with van der Waals surface area (Å²) in [6.07, 6.45) is 0. The molecule has 10 heteroatoms. The molecule has 0 aromatic carbocycles. The Kier molecular flexibility index (Phi) is 53.7. The molecule has 0 spiro atoms. The Morgan fingerprint density at radius 3 is 0.900 bits per heavy atom. The van der Waals surface area contributed by atoms with Gasteiger partial charge < -0.3 is 33.7 Å². The van der Waals surface area contributed by atoms with Crippen molar-refractivity contribution in [3.63, 3.8) is 0 Å². The van der Waals surface area contributed by atoms with Gasteiger partial charge in [-0.3, -0.25) is 0 Å². The fourth-order valence-electron chi connectivity index (χ4n) is 0. The van der Waals surface area contributed by atoms with Crippen LogP contribution in [-0.4, -0.2) is 126 Å². The Labute approximate surface area is 143 Å². The van der Waals surface area contributed by atoms with Crippen LogP contribution in [0.3, 0.4) is 0 Å². The summed E-state index contributed by atoms with van der Waals surface area (Å²) in [7, 11) is -5.61. The van der Waals surface area contributed by atoms with Gasteiger partial charge in [-0.25, -0.2) is 0 Å². The van der Waals surface area contributed by atoms with Crippen LogP contribution in [0, 0.1) is 0 Å². The Bertz CT molecular complexity index is 36.7. The summed E-state index contributed by atoms with van der Waals surface area (Å²) in [6.45, 7) is 0. The third-order valence-electron chi connectivity index (χ3n) is 0. The maximum absolute atomic E-state index is 8.58. The minimum absolute atomic E-state index is 0. The molecule has 0 saturated heterocycles. The van der Waals surface area contributed by atoms with E-state index in [1.165, 1.54) is 0 Å².